The number of hydrogen-bond donors (Lipinski definition) is 1. The fourth-order valence-corrected chi connectivity index (χ4v) is 1.92. The molecular weight excluding hydrogens is 240 g/mol. The smallest absolute Gasteiger partial charge is 0.279 e. The van der Waals surface area contributed by atoms with Gasteiger partial charge in [-0.25, -0.2) is 4.68 Å². The Hall–Kier alpha value is -2.75. The van der Waals surface area contributed by atoms with E-state index in [0.29, 0.717) is 16.3 Å². The Bertz CT molecular complexity index is 840. The molecule has 2 heterocycles. The highest BCUT2D eigenvalue weighted by atomic mass is 16.3. The summed E-state index contributed by atoms with van der Waals surface area (Å²) in [6, 6.07) is 12.9. The average molecular weight is 252 g/mol. The Kier molecular flexibility index (Phi) is 2.68. The lowest BCUT2D eigenvalue weighted by atomic mass is 10.3. The van der Waals surface area contributed by atoms with Gasteiger partial charge in [0.2, 0.25) is 0 Å². The third kappa shape index (κ3) is 2.04. The number of nitrogens with one attached hydrogen (secondary N) is 1. The van der Waals surface area contributed by atoms with Crippen LogP contribution in [0, 0.1) is 0 Å². The molecule has 0 saturated carbocycles. The normalized spacial score (nSPS) is 11.9. The minimum Gasteiger partial charge on any atom is -0.465 e. The lowest BCUT2D eigenvalue weighted by molar-refractivity contribution is 0.556. The van der Waals surface area contributed by atoms with Crippen LogP contribution in [-0.2, 0) is 0 Å². The van der Waals surface area contributed by atoms with Gasteiger partial charge in [-0.15, -0.1) is 0 Å². The molecule has 0 amide bonds. The minimum absolute atomic E-state index is 0.146. The zero-order valence-corrected chi connectivity index (χ0v) is 10.2. The Labute approximate surface area is 108 Å². The average Bonchev–Trinajstić information content (AvgIpc) is 3.03. The highest BCUT2D eigenvalue weighted by Gasteiger charge is 2.04. The van der Waals surface area contributed by atoms with Crippen LogP contribution in [-0.4, -0.2) is 9.78 Å². The molecule has 0 saturated heterocycles. The van der Waals surface area contributed by atoms with E-state index in [4.69, 9.17) is 4.42 Å². The van der Waals surface area contributed by atoms with Gasteiger partial charge < -0.3 is 4.42 Å². The molecule has 0 radical (unpaired) electrons. The van der Waals surface area contributed by atoms with Crippen LogP contribution >= 0.6 is 0 Å². The Morgan fingerprint density at radius 2 is 1.95 bits per heavy atom. The SMILES string of the molecule is C=c1[nH]n(-c2ccccc2)c(=O)c1=Cc1ccco1. The first-order valence-electron chi connectivity index (χ1n) is 5.86. The summed E-state index contributed by atoms with van der Waals surface area (Å²) in [5.41, 5.74) is 0.629. The highest BCUT2D eigenvalue weighted by Crippen LogP contribution is 2.00. The van der Waals surface area contributed by atoms with Crippen molar-refractivity contribution in [1.29, 1.82) is 0 Å². The molecule has 0 aliphatic carbocycles. The number of nitrogens with zero attached hydrogens (tertiary/aromatic N) is 1. The van der Waals surface area contributed by atoms with Crippen LogP contribution in [0.5, 0.6) is 0 Å². The third-order valence-electron chi connectivity index (χ3n) is 2.85. The second-order valence-corrected chi connectivity index (χ2v) is 4.14. The molecule has 0 atom stereocenters. The van der Waals surface area contributed by atoms with Gasteiger partial charge in [0, 0.05) is 0 Å². The van der Waals surface area contributed by atoms with E-state index < -0.39 is 0 Å². The van der Waals surface area contributed by atoms with Crippen LogP contribution in [0.2, 0.25) is 0 Å². The van der Waals surface area contributed by atoms with Gasteiger partial charge in [-0.1, -0.05) is 24.8 Å². The number of para-hydroxylation sites is 1. The van der Waals surface area contributed by atoms with Crippen molar-refractivity contribution in [2.24, 2.45) is 0 Å². The summed E-state index contributed by atoms with van der Waals surface area (Å²) >= 11 is 0. The fraction of sp³-hybridized carbons (Fsp3) is 0. The Morgan fingerprint density at radius 3 is 2.63 bits per heavy atom. The van der Waals surface area contributed by atoms with E-state index in [9.17, 15) is 4.79 Å². The predicted molar refractivity (Wildman–Crippen MR) is 73.4 cm³/mol. The number of benzene rings is 1. The molecular formula is C15H12N2O2. The number of furan rings is 1. The van der Waals surface area contributed by atoms with Crippen LogP contribution in [0.3, 0.4) is 0 Å². The minimum atomic E-state index is -0.146. The molecule has 1 aromatic carbocycles. The number of H-pyrrole nitrogens is 1. The summed E-state index contributed by atoms with van der Waals surface area (Å²) in [7, 11) is 0. The second kappa shape index (κ2) is 4.49. The maximum absolute atomic E-state index is 12.3. The quantitative estimate of drug-likeness (QED) is 0.739. The van der Waals surface area contributed by atoms with Crippen LogP contribution in [0.25, 0.3) is 18.3 Å². The molecule has 0 aliphatic heterocycles. The van der Waals surface area contributed by atoms with Gasteiger partial charge in [-0.05, 0) is 30.3 Å². The summed E-state index contributed by atoms with van der Waals surface area (Å²) in [5.74, 6) is 0.626. The van der Waals surface area contributed by atoms with E-state index in [0.717, 1.165) is 5.69 Å². The zero-order chi connectivity index (χ0) is 13.2. The van der Waals surface area contributed by atoms with Gasteiger partial charge in [0.25, 0.3) is 5.56 Å². The van der Waals surface area contributed by atoms with Crippen LogP contribution < -0.4 is 16.1 Å². The Morgan fingerprint density at radius 1 is 1.16 bits per heavy atom. The standard InChI is InChI=1S/C15H12N2O2/c1-11-14(10-13-8-5-9-19-13)15(18)17(16-11)12-6-3-2-4-7-12/h2-10,16H,1H2. The monoisotopic (exact) mass is 252 g/mol. The molecule has 0 spiro atoms. The van der Waals surface area contributed by atoms with Gasteiger partial charge in [0.1, 0.15) is 5.76 Å². The molecule has 3 aromatic rings. The maximum atomic E-state index is 12.3. The molecule has 19 heavy (non-hydrogen) atoms. The number of aromatic nitrogens is 2. The van der Waals surface area contributed by atoms with E-state index >= 15 is 0 Å². The number of aromatic amines is 1. The van der Waals surface area contributed by atoms with Crippen molar-refractivity contribution < 1.29 is 4.42 Å². The molecule has 0 unspecified atom stereocenters. The van der Waals surface area contributed by atoms with Crippen LogP contribution in [0.15, 0.2) is 57.9 Å². The van der Waals surface area contributed by atoms with Crippen molar-refractivity contribution in [3.63, 3.8) is 0 Å². The molecule has 94 valence electrons. The lowest BCUT2D eigenvalue weighted by Gasteiger charge is -1.98. The zero-order valence-electron chi connectivity index (χ0n) is 10.2. The topological polar surface area (TPSA) is 50.9 Å². The van der Waals surface area contributed by atoms with Gasteiger partial charge in [-0.2, -0.15) is 0 Å². The molecule has 1 N–H and O–H groups in total. The van der Waals surface area contributed by atoms with E-state index in [1.54, 1.807) is 24.5 Å². The van der Waals surface area contributed by atoms with Crippen molar-refractivity contribution in [2.75, 3.05) is 0 Å². The summed E-state index contributed by atoms with van der Waals surface area (Å²) in [5, 5.41) is 4.02. The predicted octanol–water partition coefficient (Wildman–Crippen LogP) is 0.998. The van der Waals surface area contributed by atoms with Gasteiger partial charge in [0.15, 0.2) is 0 Å². The Balaban J connectivity index is 2.23. The molecule has 3 rings (SSSR count). The first kappa shape index (κ1) is 11.3. The van der Waals surface area contributed by atoms with Crippen molar-refractivity contribution in [2.45, 2.75) is 0 Å². The van der Waals surface area contributed by atoms with E-state index in [-0.39, 0.29) is 5.56 Å². The second-order valence-electron chi connectivity index (χ2n) is 4.14. The lowest BCUT2D eigenvalue weighted by Crippen LogP contribution is -2.33. The third-order valence-corrected chi connectivity index (χ3v) is 2.85. The molecule has 4 heteroatoms. The van der Waals surface area contributed by atoms with Crippen molar-refractivity contribution >= 4 is 12.7 Å². The maximum Gasteiger partial charge on any atom is 0.279 e. The summed E-state index contributed by atoms with van der Waals surface area (Å²) in [6.45, 7) is 3.86. The fourth-order valence-electron chi connectivity index (χ4n) is 1.92. The van der Waals surface area contributed by atoms with E-state index in [1.165, 1.54) is 4.68 Å². The first-order valence-corrected chi connectivity index (χ1v) is 5.86. The van der Waals surface area contributed by atoms with Gasteiger partial charge >= 0.3 is 0 Å². The van der Waals surface area contributed by atoms with Crippen molar-refractivity contribution in [3.8, 4) is 5.69 Å². The molecule has 2 aromatic heterocycles. The van der Waals surface area contributed by atoms with Crippen molar-refractivity contribution in [1.82, 2.24) is 9.78 Å². The molecule has 0 aliphatic rings. The van der Waals surface area contributed by atoms with E-state index in [1.807, 2.05) is 30.3 Å². The summed E-state index contributed by atoms with van der Waals surface area (Å²) < 4.78 is 6.69. The molecule has 4 nitrogen and oxygen atoms in total. The van der Waals surface area contributed by atoms with Crippen LogP contribution in [0.1, 0.15) is 5.76 Å². The van der Waals surface area contributed by atoms with Gasteiger partial charge in [0.05, 0.1) is 22.5 Å². The highest BCUT2D eigenvalue weighted by molar-refractivity contribution is 5.43. The molecule has 0 bridgehead atoms. The van der Waals surface area contributed by atoms with Gasteiger partial charge in [-0.3, -0.25) is 9.89 Å². The van der Waals surface area contributed by atoms with E-state index in [2.05, 4.69) is 11.7 Å². The van der Waals surface area contributed by atoms with Crippen LogP contribution in [0.4, 0.5) is 0 Å². The number of rotatable bonds is 2. The first-order chi connectivity index (χ1) is 9.25. The summed E-state index contributed by atoms with van der Waals surface area (Å²) in [6.07, 6.45) is 3.25. The summed E-state index contributed by atoms with van der Waals surface area (Å²) in [4.78, 5) is 12.3. The van der Waals surface area contributed by atoms with Crippen molar-refractivity contribution in [3.05, 3.63) is 75.4 Å². The molecule has 0 fully saturated rings. The number of hydrogen-bond acceptors (Lipinski definition) is 2. The largest absolute Gasteiger partial charge is 0.465 e.